The number of aliphatic hydroxyl groups is 3. The number of hydrogen-bond donors (Lipinski definition) is 3. The highest BCUT2D eigenvalue weighted by molar-refractivity contribution is 6.04. The normalized spacial score (nSPS) is 53.2. The van der Waals surface area contributed by atoms with E-state index in [9.17, 15) is 20.1 Å². The minimum absolute atomic E-state index is 0.0405. The number of carbonyl (C=O) groups excluding carboxylic acids is 1. The van der Waals surface area contributed by atoms with Crippen LogP contribution in [0.15, 0.2) is 23.3 Å². The molecule has 4 aliphatic rings. The fourth-order valence-electron chi connectivity index (χ4n) is 6.91. The summed E-state index contributed by atoms with van der Waals surface area (Å²) < 4.78 is 0. The average molecular weight is 346 g/mol. The second kappa shape index (κ2) is 4.65. The third-order valence-corrected chi connectivity index (χ3v) is 8.56. The molecule has 7 atom stereocenters. The topological polar surface area (TPSA) is 77.8 Å². The summed E-state index contributed by atoms with van der Waals surface area (Å²) >= 11 is 0. The lowest BCUT2D eigenvalue weighted by molar-refractivity contribution is -0.171. The first-order valence-electron chi connectivity index (χ1n) is 9.43. The van der Waals surface area contributed by atoms with Gasteiger partial charge < -0.3 is 15.3 Å². The molecule has 0 radical (unpaired) electrons. The number of Topliss-reactive ketones (excluding diaryl/α,β-unsaturated/α-hetero) is 1. The Morgan fingerprint density at radius 3 is 2.44 bits per heavy atom. The van der Waals surface area contributed by atoms with Crippen molar-refractivity contribution in [2.75, 3.05) is 6.61 Å². The Kier molecular flexibility index (Phi) is 3.24. The molecule has 0 aromatic rings. The van der Waals surface area contributed by atoms with Crippen molar-refractivity contribution in [3.05, 3.63) is 23.3 Å². The van der Waals surface area contributed by atoms with E-state index in [0.717, 1.165) is 6.42 Å². The molecular formula is C21H30O4. The van der Waals surface area contributed by atoms with Gasteiger partial charge in [0.1, 0.15) is 5.60 Å². The van der Waals surface area contributed by atoms with E-state index in [0.29, 0.717) is 11.1 Å². The maximum absolute atomic E-state index is 12.7. The van der Waals surface area contributed by atoms with Crippen molar-refractivity contribution >= 4 is 5.78 Å². The van der Waals surface area contributed by atoms with Gasteiger partial charge in [-0.3, -0.25) is 4.79 Å². The lowest BCUT2D eigenvalue weighted by atomic mass is 9.58. The molecule has 0 spiro atoms. The molecule has 2 fully saturated rings. The van der Waals surface area contributed by atoms with E-state index in [4.69, 9.17) is 0 Å². The van der Waals surface area contributed by atoms with Crippen LogP contribution in [-0.2, 0) is 4.79 Å². The summed E-state index contributed by atoms with van der Waals surface area (Å²) in [6.07, 6.45) is 4.77. The maximum atomic E-state index is 12.7. The van der Waals surface area contributed by atoms with E-state index in [1.165, 1.54) is 0 Å². The Balaban J connectivity index is 1.92. The molecule has 4 heteroatoms. The fourth-order valence-corrected chi connectivity index (χ4v) is 6.91. The predicted molar refractivity (Wildman–Crippen MR) is 94.6 cm³/mol. The van der Waals surface area contributed by atoms with Crippen LogP contribution >= 0.6 is 0 Å². The Morgan fingerprint density at radius 1 is 1.20 bits per heavy atom. The molecule has 4 aliphatic carbocycles. The molecule has 1 unspecified atom stereocenters. The Hall–Kier alpha value is -0.970. The van der Waals surface area contributed by atoms with Gasteiger partial charge in [0.15, 0.2) is 5.78 Å². The van der Waals surface area contributed by atoms with Crippen molar-refractivity contribution in [3.8, 4) is 0 Å². The zero-order valence-corrected chi connectivity index (χ0v) is 15.8. The number of carbonyl (C=O) groups is 1. The molecule has 138 valence electrons. The molecule has 3 N–H and O–H groups in total. The highest BCUT2D eigenvalue weighted by Gasteiger charge is 2.78. The van der Waals surface area contributed by atoms with E-state index in [2.05, 4.69) is 20.8 Å². The highest BCUT2D eigenvalue weighted by Crippen LogP contribution is 2.79. The van der Waals surface area contributed by atoms with Crippen molar-refractivity contribution in [3.63, 3.8) is 0 Å². The standard InChI is InChI=1S/C21H30O4/c1-11-6-15-20(24,17(11)23)9-13(10-22)7-14-16-18(3,4)19(16,5)8-12(2)21(14,15)25/h6-7,12,14-16,22,24-25H,8-10H2,1-5H3/t12-,14+,15?,16+,19-,20-,21-/m1/s1. The summed E-state index contributed by atoms with van der Waals surface area (Å²) in [4.78, 5) is 12.7. The van der Waals surface area contributed by atoms with Crippen molar-refractivity contribution < 1.29 is 20.1 Å². The Labute approximate surface area is 149 Å². The fraction of sp³-hybridized carbons (Fsp3) is 0.762. The number of hydrogen-bond acceptors (Lipinski definition) is 4. The minimum atomic E-state index is -1.64. The second-order valence-electron chi connectivity index (χ2n) is 9.88. The van der Waals surface area contributed by atoms with Crippen LogP contribution < -0.4 is 0 Å². The molecule has 0 bridgehead atoms. The second-order valence-corrected chi connectivity index (χ2v) is 9.88. The molecule has 0 aromatic carbocycles. The summed E-state index contributed by atoms with van der Waals surface area (Å²) in [5.41, 5.74) is -1.37. The first-order valence-corrected chi connectivity index (χ1v) is 9.43. The molecule has 2 saturated carbocycles. The molecule has 0 aliphatic heterocycles. The molecule has 0 aromatic heterocycles. The Bertz CT molecular complexity index is 719. The number of ketones is 1. The zero-order valence-electron chi connectivity index (χ0n) is 15.8. The number of rotatable bonds is 1. The molecule has 0 saturated heterocycles. The van der Waals surface area contributed by atoms with Gasteiger partial charge in [-0.15, -0.1) is 0 Å². The van der Waals surface area contributed by atoms with Gasteiger partial charge in [0.2, 0.25) is 0 Å². The van der Waals surface area contributed by atoms with Crippen molar-refractivity contribution in [2.45, 2.75) is 58.7 Å². The van der Waals surface area contributed by atoms with Gasteiger partial charge in [0.05, 0.1) is 12.2 Å². The lowest BCUT2D eigenvalue weighted by Crippen LogP contribution is -2.60. The predicted octanol–water partition coefficient (Wildman–Crippen LogP) is 2.23. The summed E-state index contributed by atoms with van der Waals surface area (Å²) in [5, 5.41) is 33.2. The molecule has 4 rings (SSSR count). The summed E-state index contributed by atoms with van der Waals surface area (Å²) in [6, 6.07) is 0. The molecule has 0 heterocycles. The molecule has 4 nitrogen and oxygen atoms in total. The van der Waals surface area contributed by atoms with E-state index < -0.39 is 17.1 Å². The highest BCUT2D eigenvalue weighted by atomic mass is 16.3. The summed E-state index contributed by atoms with van der Waals surface area (Å²) in [5.74, 6) is -0.835. The third kappa shape index (κ3) is 1.76. The van der Waals surface area contributed by atoms with Crippen LogP contribution in [0.3, 0.4) is 0 Å². The van der Waals surface area contributed by atoms with Gasteiger partial charge in [-0.2, -0.15) is 0 Å². The molecule has 25 heavy (non-hydrogen) atoms. The monoisotopic (exact) mass is 346 g/mol. The maximum Gasteiger partial charge on any atom is 0.190 e. The van der Waals surface area contributed by atoms with Crippen molar-refractivity contribution in [1.29, 1.82) is 0 Å². The van der Waals surface area contributed by atoms with Gasteiger partial charge in [-0.1, -0.05) is 39.8 Å². The van der Waals surface area contributed by atoms with Gasteiger partial charge in [-0.25, -0.2) is 0 Å². The first kappa shape index (κ1) is 17.4. The number of fused-ring (bicyclic) bond motifs is 5. The van der Waals surface area contributed by atoms with Crippen molar-refractivity contribution in [1.82, 2.24) is 0 Å². The van der Waals surface area contributed by atoms with Crippen LogP contribution in [0.2, 0.25) is 0 Å². The molecular weight excluding hydrogens is 316 g/mol. The van der Waals surface area contributed by atoms with E-state index in [1.807, 2.05) is 13.0 Å². The smallest absolute Gasteiger partial charge is 0.190 e. The first-order chi connectivity index (χ1) is 11.4. The summed E-state index contributed by atoms with van der Waals surface area (Å²) in [6.45, 7) is 10.4. The van der Waals surface area contributed by atoms with Crippen LogP contribution in [0.5, 0.6) is 0 Å². The van der Waals surface area contributed by atoms with E-state index in [1.54, 1.807) is 13.0 Å². The average Bonchev–Trinajstić information content (AvgIpc) is 2.90. The minimum Gasteiger partial charge on any atom is -0.392 e. The SMILES string of the molecule is CC1=CC2[C@@]3(O)[C@H](C)C[C@]4(C)[C@@H]([C@@H]3C=C(CO)C[C@]2(O)C1=O)C4(C)C. The van der Waals surface area contributed by atoms with Gasteiger partial charge in [0, 0.05) is 18.3 Å². The third-order valence-electron chi connectivity index (χ3n) is 8.56. The van der Waals surface area contributed by atoms with Crippen LogP contribution in [0.1, 0.15) is 47.5 Å². The van der Waals surface area contributed by atoms with Crippen LogP contribution in [0.25, 0.3) is 0 Å². The van der Waals surface area contributed by atoms with Crippen molar-refractivity contribution in [2.24, 2.45) is 34.5 Å². The summed E-state index contributed by atoms with van der Waals surface area (Å²) in [7, 11) is 0. The van der Waals surface area contributed by atoms with Gasteiger partial charge >= 0.3 is 0 Å². The lowest BCUT2D eigenvalue weighted by Gasteiger charge is -2.50. The molecule has 0 amide bonds. The van der Waals surface area contributed by atoms with Gasteiger partial charge in [0.25, 0.3) is 0 Å². The van der Waals surface area contributed by atoms with Gasteiger partial charge in [-0.05, 0) is 47.2 Å². The zero-order chi connectivity index (χ0) is 18.6. The van der Waals surface area contributed by atoms with E-state index >= 15 is 0 Å². The van der Waals surface area contributed by atoms with Crippen LogP contribution in [0, 0.1) is 34.5 Å². The largest absolute Gasteiger partial charge is 0.392 e. The van der Waals surface area contributed by atoms with Crippen LogP contribution in [-0.4, -0.2) is 38.9 Å². The van der Waals surface area contributed by atoms with E-state index in [-0.39, 0.29) is 47.4 Å². The number of aliphatic hydroxyl groups excluding tert-OH is 1. The quantitative estimate of drug-likeness (QED) is 0.636. The van der Waals surface area contributed by atoms with Crippen LogP contribution in [0.4, 0.5) is 0 Å². The Morgan fingerprint density at radius 2 is 1.84 bits per heavy atom.